The molecule has 0 spiro atoms. The number of aliphatic hydroxyl groups excluding tert-OH is 1. The van der Waals surface area contributed by atoms with Gasteiger partial charge in [-0.05, 0) is 63.2 Å². The van der Waals surface area contributed by atoms with Gasteiger partial charge < -0.3 is 15.0 Å². The molecule has 6 nitrogen and oxygen atoms in total. The zero-order valence-electron chi connectivity index (χ0n) is 18.1. The lowest BCUT2D eigenvalue weighted by molar-refractivity contribution is 0.111. The van der Waals surface area contributed by atoms with Crippen LogP contribution in [-0.4, -0.2) is 52.5 Å². The van der Waals surface area contributed by atoms with E-state index in [0.29, 0.717) is 0 Å². The molecule has 1 aromatic heterocycles. The van der Waals surface area contributed by atoms with E-state index in [2.05, 4.69) is 39.2 Å². The number of aryl methyl sites for hydroxylation is 1. The number of nitrogens with one attached hydrogen (secondary N) is 2. The predicted molar refractivity (Wildman–Crippen MR) is 126 cm³/mol. The number of H-pyrrole nitrogens is 1. The summed E-state index contributed by atoms with van der Waals surface area (Å²) in [7, 11) is 1.79. The maximum atomic E-state index is 10.6. The number of rotatable bonds is 7. The number of aliphatic hydroxyl groups is 1. The average molecular weight is 440 g/mol. The van der Waals surface area contributed by atoms with Crippen molar-refractivity contribution < 1.29 is 5.11 Å². The highest BCUT2D eigenvalue weighted by Gasteiger charge is 2.29. The predicted octanol–water partition coefficient (Wildman–Crippen LogP) is 4.00. The number of likely N-dealkylation sites (tertiary alicyclic amines) is 1. The summed E-state index contributed by atoms with van der Waals surface area (Å²) in [5, 5.41) is 14.3. The highest BCUT2D eigenvalue weighted by molar-refractivity contribution is 6.30. The first kappa shape index (κ1) is 21.8. The molecule has 3 aromatic rings. The number of para-hydroxylation sites is 1. The van der Waals surface area contributed by atoms with Crippen LogP contribution < -0.4 is 10.2 Å². The van der Waals surface area contributed by atoms with Crippen LogP contribution in [0.1, 0.15) is 24.2 Å². The minimum atomic E-state index is -0.700. The Balaban J connectivity index is 1.40. The van der Waals surface area contributed by atoms with Crippen LogP contribution in [0.15, 0.2) is 54.6 Å². The van der Waals surface area contributed by atoms with Crippen LogP contribution in [0.5, 0.6) is 0 Å². The third kappa shape index (κ3) is 5.10. The fraction of sp³-hybridized carbons (Fsp3) is 0.375. The molecule has 0 aliphatic carbocycles. The minimum Gasteiger partial charge on any atom is -0.361 e. The molecule has 2 heterocycles. The van der Waals surface area contributed by atoms with Crippen LogP contribution in [-0.2, 0) is 6.54 Å². The number of anilines is 1. The molecule has 1 aliphatic heterocycles. The smallest absolute Gasteiger partial charge is 0.184 e. The van der Waals surface area contributed by atoms with Crippen LogP contribution >= 0.6 is 11.6 Å². The van der Waals surface area contributed by atoms with Gasteiger partial charge in [-0.25, -0.2) is 4.98 Å². The lowest BCUT2D eigenvalue weighted by atomic mass is 10.0. The van der Waals surface area contributed by atoms with Gasteiger partial charge in [0.05, 0.1) is 5.69 Å². The van der Waals surface area contributed by atoms with Crippen molar-refractivity contribution >= 4 is 17.3 Å². The van der Waals surface area contributed by atoms with Crippen molar-refractivity contribution in [3.05, 3.63) is 71.0 Å². The van der Waals surface area contributed by atoms with Crippen LogP contribution in [0.4, 0.5) is 5.69 Å². The first-order chi connectivity index (χ1) is 15.0. The lowest BCUT2D eigenvalue weighted by Crippen LogP contribution is -2.53. The quantitative estimate of drug-likeness (QED) is 0.485. The maximum absolute atomic E-state index is 10.6. The number of hydrogen-bond donors (Lipinski definition) is 3. The Morgan fingerprint density at radius 2 is 1.84 bits per heavy atom. The zero-order chi connectivity index (χ0) is 21.8. The molecular weight excluding hydrogens is 410 g/mol. The number of benzene rings is 2. The third-order valence-corrected chi connectivity index (χ3v) is 6.26. The number of halogens is 1. The highest BCUT2D eigenvalue weighted by atomic mass is 35.5. The Morgan fingerprint density at radius 3 is 2.48 bits per heavy atom. The zero-order valence-corrected chi connectivity index (χ0v) is 18.8. The number of imidazole rings is 1. The molecule has 31 heavy (non-hydrogen) atoms. The molecule has 0 saturated carbocycles. The molecule has 1 unspecified atom stereocenters. The van der Waals surface area contributed by atoms with Crippen molar-refractivity contribution in [1.82, 2.24) is 20.2 Å². The molecule has 3 N–H and O–H groups in total. The molecular formula is C24H30ClN5O. The van der Waals surface area contributed by atoms with Crippen LogP contribution in [0, 0.1) is 6.92 Å². The summed E-state index contributed by atoms with van der Waals surface area (Å²) >= 11 is 6.01. The van der Waals surface area contributed by atoms with Crippen molar-refractivity contribution in [3.8, 4) is 11.4 Å². The Morgan fingerprint density at radius 1 is 1.16 bits per heavy atom. The first-order valence-electron chi connectivity index (χ1n) is 10.8. The standard InChI is InChI=1S/C24H30ClN5O/c1-17-22(28-23(27-17)18-8-10-19(25)11-9-18)16-29-14-12-21(13-15-29)30(24(31)26-2)20-6-4-3-5-7-20/h3-11,21,24,26,31H,12-16H2,1-2H3,(H,27,28). The van der Waals surface area contributed by atoms with Gasteiger partial charge in [0.2, 0.25) is 0 Å². The van der Waals surface area contributed by atoms with E-state index in [-0.39, 0.29) is 6.04 Å². The Kier molecular flexibility index (Phi) is 6.92. The van der Waals surface area contributed by atoms with Gasteiger partial charge >= 0.3 is 0 Å². The maximum Gasteiger partial charge on any atom is 0.184 e. The number of nitrogens with zero attached hydrogens (tertiary/aromatic N) is 3. The number of aromatic nitrogens is 2. The molecule has 4 rings (SSSR count). The fourth-order valence-corrected chi connectivity index (χ4v) is 4.38. The summed E-state index contributed by atoms with van der Waals surface area (Å²) < 4.78 is 0. The summed E-state index contributed by atoms with van der Waals surface area (Å²) in [4.78, 5) is 12.8. The number of aromatic amines is 1. The average Bonchev–Trinajstić information content (AvgIpc) is 3.16. The summed E-state index contributed by atoms with van der Waals surface area (Å²) in [5.41, 5.74) is 4.26. The van der Waals surface area contributed by atoms with E-state index in [1.54, 1.807) is 7.05 Å². The molecule has 0 amide bonds. The van der Waals surface area contributed by atoms with Crippen molar-refractivity contribution in [2.45, 2.75) is 38.7 Å². The van der Waals surface area contributed by atoms with E-state index in [1.807, 2.05) is 42.5 Å². The van der Waals surface area contributed by atoms with E-state index in [0.717, 1.165) is 66.0 Å². The van der Waals surface area contributed by atoms with Crippen LogP contribution in [0.3, 0.4) is 0 Å². The normalized spacial score (nSPS) is 16.4. The topological polar surface area (TPSA) is 67.4 Å². The van der Waals surface area contributed by atoms with Gasteiger partial charge in [0, 0.05) is 47.6 Å². The molecule has 7 heteroatoms. The minimum absolute atomic E-state index is 0.283. The number of piperidine rings is 1. The highest BCUT2D eigenvalue weighted by Crippen LogP contribution is 2.26. The lowest BCUT2D eigenvalue weighted by Gasteiger charge is -2.41. The van der Waals surface area contributed by atoms with E-state index in [1.165, 1.54) is 0 Å². The van der Waals surface area contributed by atoms with E-state index >= 15 is 0 Å². The van der Waals surface area contributed by atoms with Gasteiger partial charge in [0.25, 0.3) is 0 Å². The number of hydrogen-bond acceptors (Lipinski definition) is 5. The summed E-state index contributed by atoms with van der Waals surface area (Å²) in [6.45, 7) is 4.83. The Hall–Kier alpha value is -2.38. The van der Waals surface area contributed by atoms with E-state index < -0.39 is 6.35 Å². The van der Waals surface area contributed by atoms with Crippen molar-refractivity contribution in [1.29, 1.82) is 0 Å². The van der Waals surface area contributed by atoms with Crippen LogP contribution in [0.25, 0.3) is 11.4 Å². The molecule has 0 bridgehead atoms. The van der Waals surface area contributed by atoms with Crippen LogP contribution in [0.2, 0.25) is 5.02 Å². The second-order valence-corrected chi connectivity index (χ2v) is 8.51. The monoisotopic (exact) mass is 439 g/mol. The third-order valence-electron chi connectivity index (χ3n) is 6.00. The molecule has 2 aromatic carbocycles. The molecule has 1 aliphatic rings. The Labute approximate surface area is 188 Å². The largest absolute Gasteiger partial charge is 0.361 e. The van der Waals surface area contributed by atoms with Crippen molar-refractivity contribution in [2.24, 2.45) is 0 Å². The van der Waals surface area contributed by atoms with Crippen molar-refractivity contribution in [3.63, 3.8) is 0 Å². The van der Waals surface area contributed by atoms with E-state index in [4.69, 9.17) is 16.6 Å². The second-order valence-electron chi connectivity index (χ2n) is 8.08. The summed E-state index contributed by atoms with van der Waals surface area (Å²) in [6.07, 6.45) is 1.27. The molecule has 1 atom stereocenters. The van der Waals surface area contributed by atoms with Gasteiger partial charge in [0.1, 0.15) is 5.82 Å². The summed E-state index contributed by atoms with van der Waals surface area (Å²) in [5.74, 6) is 0.881. The van der Waals surface area contributed by atoms with Gasteiger partial charge in [0.15, 0.2) is 6.35 Å². The van der Waals surface area contributed by atoms with E-state index in [9.17, 15) is 5.11 Å². The van der Waals surface area contributed by atoms with Crippen molar-refractivity contribution in [2.75, 3.05) is 25.0 Å². The molecule has 0 radical (unpaired) electrons. The van der Waals surface area contributed by atoms with Gasteiger partial charge in [-0.3, -0.25) is 10.2 Å². The SMILES string of the molecule is CNC(O)N(c1ccccc1)C1CCN(Cc2nc(-c3ccc(Cl)cc3)[nH]c2C)CC1. The van der Waals surface area contributed by atoms with Gasteiger partial charge in [-0.2, -0.15) is 0 Å². The van der Waals surface area contributed by atoms with Gasteiger partial charge in [-0.15, -0.1) is 0 Å². The molecule has 1 saturated heterocycles. The molecule has 1 fully saturated rings. The molecule has 164 valence electrons. The second kappa shape index (κ2) is 9.83. The summed E-state index contributed by atoms with van der Waals surface area (Å²) in [6, 6.07) is 18.2. The van der Waals surface area contributed by atoms with Gasteiger partial charge in [-0.1, -0.05) is 29.8 Å². The first-order valence-corrected chi connectivity index (χ1v) is 11.2. The Bertz CT molecular complexity index is 967. The fourth-order valence-electron chi connectivity index (χ4n) is 4.25.